The average Bonchev–Trinajstić information content (AvgIpc) is 3.02. The van der Waals surface area contributed by atoms with Gasteiger partial charge < -0.3 is 10.4 Å². The van der Waals surface area contributed by atoms with Gasteiger partial charge in [0.2, 0.25) is 0 Å². The number of para-hydroxylation sites is 1. The minimum Gasteiger partial charge on any atom is -0.388 e. The van der Waals surface area contributed by atoms with Crippen LogP contribution in [0.3, 0.4) is 0 Å². The lowest BCUT2D eigenvalue weighted by atomic mass is 9.97. The number of benzene rings is 1. The van der Waals surface area contributed by atoms with Gasteiger partial charge in [0.25, 0.3) is 5.91 Å². The minimum atomic E-state index is -0.906. The first kappa shape index (κ1) is 16.2. The van der Waals surface area contributed by atoms with Crippen molar-refractivity contribution < 1.29 is 14.3 Å². The van der Waals surface area contributed by atoms with E-state index in [0.717, 1.165) is 0 Å². The molecule has 2 rings (SSSR count). The average molecular weight is 305 g/mol. The summed E-state index contributed by atoms with van der Waals surface area (Å²) in [5.41, 5.74) is -0.310. The summed E-state index contributed by atoms with van der Waals surface area (Å²) in [5, 5.41) is 16.9. The number of nitrogens with one attached hydrogen (secondary N) is 1. The maximum absolute atomic E-state index is 13.7. The monoisotopic (exact) mass is 305 g/mol. The Bertz CT molecular complexity index is 650. The van der Waals surface area contributed by atoms with Crippen molar-refractivity contribution in [2.24, 2.45) is 0 Å². The zero-order valence-corrected chi connectivity index (χ0v) is 12.7. The van der Waals surface area contributed by atoms with Gasteiger partial charge in [-0.3, -0.25) is 4.79 Å². The number of halogens is 1. The van der Waals surface area contributed by atoms with Crippen LogP contribution in [-0.4, -0.2) is 32.9 Å². The Morgan fingerprint density at radius 3 is 2.68 bits per heavy atom. The molecule has 0 bridgehead atoms. The highest BCUT2D eigenvalue weighted by Gasteiger charge is 2.23. The topological polar surface area (TPSA) is 67.2 Å². The first-order valence-electron chi connectivity index (χ1n) is 7.29. The van der Waals surface area contributed by atoms with E-state index in [1.165, 1.54) is 23.1 Å². The first-order valence-corrected chi connectivity index (χ1v) is 7.29. The lowest BCUT2D eigenvalue weighted by molar-refractivity contribution is 0.0314. The molecular formula is C16H20FN3O2. The Balaban J connectivity index is 2.08. The van der Waals surface area contributed by atoms with E-state index in [0.29, 0.717) is 18.4 Å². The summed E-state index contributed by atoms with van der Waals surface area (Å²) in [7, 11) is 0. The van der Waals surface area contributed by atoms with Crippen LogP contribution in [0.4, 0.5) is 4.39 Å². The van der Waals surface area contributed by atoms with E-state index >= 15 is 0 Å². The molecule has 0 atom stereocenters. The molecule has 1 aromatic carbocycles. The SMILES string of the molecule is CCC(O)(CC)CNC(=O)c1cnn(-c2ccccc2F)c1. The van der Waals surface area contributed by atoms with Crippen molar-refractivity contribution in [3.8, 4) is 5.69 Å². The number of carbonyl (C=O) groups excluding carboxylic acids is 1. The van der Waals surface area contributed by atoms with E-state index in [9.17, 15) is 14.3 Å². The number of hydrogen-bond acceptors (Lipinski definition) is 3. The molecule has 22 heavy (non-hydrogen) atoms. The second-order valence-electron chi connectivity index (χ2n) is 5.24. The molecule has 0 aliphatic carbocycles. The van der Waals surface area contributed by atoms with Gasteiger partial charge in [0, 0.05) is 12.7 Å². The third kappa shape index (κ3) is 3.51. The minimum absolute atomic E-state index is 0.170. The Morgan fingerprint density at radius 1 is 1.36 bits per heavy atom. The molecular weight excluding hydrogens is 285 g/mol. The number of rotatable bonds is 6. The molecule has 0 spiro atoms. The van der Waals surface area contributed by atoms with Crippen LogP contribution in [0.15, 0.2) is 36.7 Å². The van der Waals surface area contributed by atoms with E-state index in [1.54, 1.807) is 18.2 Å². The highest BCUT2D eigenvalue weighted by Crippen LogP contribution is 2.14. The van der Waals surface area contributed by atoms with Gasteiger partial charge in [-0.05, 0) is 25.0 Å². The lowest BCUT2D eigenvalue weighted by Crippen LogP contribution is -2.41. The molecule has 118 valence electrons. The molecule has 1 aromatic heterocycles. The van der Waals surface area contributed by atoms with Crippen LogP contribution in [-0.2, 0) is 0 Å². The van der Waals surface area contributed by atoms with E-state index in [1.807, 2.05) is 13.8 Å². The highest BCUT2D eigenvalue weighted by atomic mass is 19.1. The fraction of sp³-hybridized carbons (Fsp3) is 0.375. The number of hydrogen-bond donors (Lipinski definition) is 2. The molecule has 2 N–H and O–H groups in total. The Hall–Kier alpha value is -2.21. The van der Waals surface area contributed by atoms with Gasteiger partial charge in [0.1, 0.15) is 11.5 Å². The van der Waals surface area contributed by atoms with Crippen molar-refractivity contribution in [1.29, 1.82) is 0 Å². The first-order chi connectivity index (χ1) is 10.5. The second kappa shape index (κ2) is 6.70. The van der Waals surface area contributed by atoms with Gasteiger partial charge in [0.05, 0.1) is 17.4 Å². The van der Waals surface area contributed by atoms with Crippen molar-refractivity contribution in [2.75, 3.05) is 6.54 Å². The molecule has 0 radical (unpaired) electrons. The van der Waals surface area contributed by atoms with Crippen molar-refractivity contribution in [3.05, 3.63) is 48.0 Å². The van der Waals surface area contributed by atoms with Crippen LogP contribution in [0.5, 0.6) is 0 Å². The standard InChI is InChI=1S/C16H20FN3O2/c1-3-16(22,4-2)11-18-15(21)12-9-19-20(10-12)14-8-6-5-7-13(14)17/h5-10,22H,3-4,11H2,1-2H3,(H,18,21). The number of aromatic nitrogens is 2. The summed E-state index contributed by atoms with van der Waals surface area (Å²) < 4.78 is 15.0. The van der Waals surface area contributed by atoms with Crippen molar-refractivity contribution >= 4 is 5.91 Å². The normalized spacial score (nSPS) is 11.5. The van der Waals surface area contributed by atoms with Crippen LogP contribution in [0.2, 0.25) is 0 Å². The van der Waals surface area contributed by atoms with Gasteiger partial charge in [0.15, 0.2) is 0 Å². The summed E-state index contributed by atoms with van der Waals surface area (Å²) in [4.78, 5) is 12.1. The molecule has 0 aliphatic rings. The van der Waals surface area contributed by atoms with Gasteiger partial charge in [-0.15, -0.1) is 0 Å². The number of amides is 1. The molecule has 0 aliphatic heterocycles. The summed E-state index contributed by atoms with van der Waals surface area (Å²) >= 11 is 0. The van der Waals surface area contributed by atoms with Gasteiger partial charge >= 0.3 is 0 Å². The predicted molar refractivity (Wildman–Crippen MR) is 81.4 cm³/mol. The Labute approximate surface area is 128 Å². The molecule has 0 saturated carbocycles. The third-order valence-electron chi connectivity index (χ3n) is 3.84. The smallest absolute Gasteiger partial charge is 0.254 e. The molecule has 0 unspecified atom stereocenters. The highest BCUT2D eigenvalue weighted by molar-refractivity contribution is 5.93. The van der Waals surface area contributed by atoms with Crippen molar-refractivity contribution in [3.63, 3.8) is 0 Å². The summed E-state index contributed by atoms with van der Waals surface area (Å²) in [6.07, 6.45) is 3.94. The van der Waals surface area contributed by atoms with Gasteiger partial charge in [-0.25, -0.2) is 9.07 Å². The second-order valence-corrected chi connectivity index (χ2v) is 5.24. The van der Waals surface area contributed by atoms with E-state index in [2.05, 4.69) is 10.4 Å². The molecule has 0 saturated heterocycles. The Kier molecular flexibility index (Phi) is 4.92. The van der Waals surface area contributed by atoms with Gasteiger partial charge in [-0.2, -0.15) is 5.10 Å². The molecule has 6 heteroatoms. The third-order valence-corrected chi connectivity index (χ3v) is 3.84. The van der Waals surface area contributed by atoms with Crippen LogP contribution in [0, 0.1) is 5.82 Å². The summed E-state index contributed by atoms with van der Waals surface area (Å²) in [6, 6.07) is 6.20. The maximum atomic E-state index is 13.7. The zero-order chi connectivity index (χ0) is 16.2. The lowest BCUT2D eigenvalue weighted by Gasteiger charge is -2.25. The van der Waals surface area contributed by atoms with Crippen LogP contribution < -0.4 is 5.32 Å². The van der Waals surface area contributed by atoms with Crippen LogP contribution in [0.1, 0.15) is 37.0 Å². The van der Waals surface area contributed by atoms with E-state index in [4.69, 9.17) is 0 Å². The molecule has 1 amide bonds. The predicted octanol–water partition coefficient (Wildman–Crippen LogP) is 2.29. The van der Waals surface area contributed by atoms with Crippen LogP contribution in [0.25, 0.3) is 5.69 Å². The molecule has 0 fully saturated rings. The number of nitrogens with zero attached hydrogens (tertiary/aromatic N) is 2. The molecule has 2 aromatic rings. The van der Waals surface area contributed by atoms with Crippen molar-refractivity contribution in [1.82, 2.24) is 15.1 Å². The fourth-order valence-electron chi connectivity index (χ4n) is 2.06. The van der Waals surface area contributed by atoms with Crippen LogP contribution >= 0.6 is 0 Å². The summed E-state index contributed by atoms with van der Waals surface area (Å²) in [5.74, 6) is -0.758. The quantitative estimate of drug-likeness (QED) is 0.860. The van der Waals surface area contributed by atoms with E-state index in [-0.39, 0.29) is 18.1 Å². The largest absolute Gasteiger partial charge is 0.388 e. The summed E-state index contributed by atoms with van der Waals surface area (Å²) in [6.45, 7) is 3.90. The van der Waals surface area contributed by atoms with Gasteiger partial charge in [-0.1, -0.05) is 26.0 Å². The van der Waals surface area contributed by atoms with E-state index < -0.39 is 11.4 Å². The molecule has 5 nitrogen and oxygen atoms in total. The zero-order valence-electron chi connectivity index (χ0n) is 12.7. The maximum Gasteiger partial charge on any atom is 0.254 e. The molecule has 1 heterocycles. The number of aliphatic hydroxyl groups is 1. The Morgan fingerprint density at radius 2 is 2.05 bits per heavy atom. The number of carbonyl (C=O) groups is 1. The van der Waals surface area contributed by atoms with Crippen molar-refractivity contribution in [2.45, 2.75) is 32.3 Å². The fourth-order valence-corrected chi connectivity index (χ4v) is 2.06.